The lowest BCUT2D eigenvalue weighted by molar-refractivity contribution is -0.134. The summed E-state index contributed by atoms with van der Waals surface area (Å²) in [6.07, 6.45) is 4.28. The van der Waals surface area contributed by atoms with Crippen LogP contribution in [0.2, 0.25) is 0 Å². The average molecular weight is 367 g/mol. The highest BCUT2D eigenvalue weighted by atomic mass is 32.1. The van der Waals surface area contributed by atoms with E-state index in [0.717, 1.165) is 45.6 Å². The number of carbonyl (C=O) groups is 1. The molecule has 1 aromatic heterocycles. The highest BCUT2D eigenvalue weighted by molar-refractivity contribution is 7.09. The fourth-order valence-corrected chi connectivity index (χ4v) is 4.32. The lowest BCUT2D eigenvalue weighted by Crippen LogP contribution is -2.43. The topological polar surface area (TPSA) is 50.8 Å². The van der Waals surface area contributed by atoms with E-state index in [-0.39, 0.29) is 12.0 Å². The van der Waals surface area contributed by atoms with Crippen LogP contribution in [-0.4, -0.2) is 55.9 Å². The molecule has 1 aromatic rings. The molecule has 25 heavy (non-hydrogen) atoms. The van der Waals surface area contributed by atoms with E-state index in [1.807, 2.05) is 18.3 Å². The van der Waals surface area contributed by atoms with Crippen LogP contribution in [0.5, 0.6) is 0 Å². The number of ether oxygens (including phenoxy) is 2. The Labute approximate surface area is 154 Å². The fourth-order valence-electron chi connectivity index (χ4n) is 3.58. The molecule has 2 aliphatic rings. The van der Waals surface area contributed by atoms with Crippen LogP contribution in [0.25, 0.3) is 0 Å². The molecule has 6 heteroatoms. The summed E-state index contributed by atoms with van der Waals surface area (Å²) in [7, 11) is 0. The highest BCUT2D eigenvalue weighted by Gasteiger charge is 2.23. The summed E-state index contributed by atoms with van der Waals surface area (Å²) in [6, 6.07) is 4.31. The second-order valence-corrected chi connectivity index (χ2v) is 8.21. The second-order valence-electron chi connectivity index (χ2n) is 7.18. The molecule has 1 N–H and O–H groups in total. The van der Waals surface area contributed by atoms with Crippen molar-refractivity contribution in [3.8, 4) is 0 Å². The third-order valence-electron chi connectivity index (χ3n) is 5.05. The maximum Gasteiger partial charge on any atom is 0.248 e. The van der Waals surface area contributed by atoms with E-state index in [4.69, 9.17) is 9.47 Å². The summed E-state index contributed by atoms with van der Waals surface area (Å²) in [4.78, 5) is 16.2. The third-order valence-corrected chi connectivity index (χ3v) is 5.91. The average Bonchev–Trinajstić information content (AvgIpc) is 3.31. The SMILES string of the molecule is C[C@H](OC[C@H]1CCCO1)C(=O)NC[C@H]1CCCN(Cc2cccs2)C1. The maximum absolute atomic E-state index is 12.2. The summed E-state index contributed by atoms with van der Waals surface area (Å²) in [6.45, 7) is 7.15. The predicted molar refractivity (Wildman–Crippen MR) is 99.7 cm³/mol. The molecule has 0 unspecified atom stereocenters. The van der Waals surface area contributed by atoms with Gasteiger partial charge in [0, 0.05) is 31.1 Å². The summed E-state index contributed by atoms with van der Waals surface area (Å²) >= 11 is 1.82. The van der Waals surface area contributed by atoms with Crippen LogP contribution in [0.4, 0.5) is 0 Å². The first-order valence-corrected chi connectivity index (χ1v) is 10.3. The van der Waals surface area contributed by atoms with Crippen molar-refractivity contribution < 1.29 is 14.3 Å². The van der Waals surface area contributed by atoms with Gasteiger partial charge in [-0.15, -0.1) is 11.3 Å². The molecule has 0 aliphatic carbocycles. The normalized spacial score (nSPS) is 25.8. The largest absolute Gasteiger partial charge is 0.376 e. The molecule has 3 atom stereocenters. The molecule has 2 fully saturated rings. The number of likely N-dealkylation sites (tertiary alicyclic amines) is 1. The zero-order valence-corrected chi connectivity index (χ0v) is 15.9. The van der Waals surface area contributed by atoms with Gasteiger partial charge < -0.3 is 14.8 Å². The van der Waals surface area contributed by atoms with Gasteiger partial charge in [0.05, 0.1) is 12.7 Å². The molecule has 140 valence electrons. The summed E-state index contributed by atoms with van der Waals surface area (Å²) in [5, 5.41) is 5.21. The van der Waals surface area contributed by atoms with E-state index in [9.17, 15) is 4.79 Å². The molecule has 0 aromatic carbocycles. The van der Waals surface area contributed by atoms with Crippen LogP contribution in [0.15, 0.2) is 17.5 Å². The zero-order valence-electron chi connectivity index (χ0n) is 15.1. The summed E-state index contributed by atoms with van der Waals surface area (Å²) < 4.78 is 11.2. The molecular formula is C19H30N2O3S. The first-order valence-electron chi connectivity index (χ1n) is 9.46. The number of amides is 1. The summed E-state index contributed by atoms with van der Waals surface area (Å²) in [5.41, 5.74) is 0. The Morgan fingerprint density at radius 1 is 1.48 bits per heavy atom. The van der Waals surface area contributed by atoms with Gasteiger partial charge >= 0.3 is 0 Å². The predicted octanol–water partition coefficient (Wildman–Crippen LogP) is 2.66. The first kappa shape index (κ1) is 18.8. The number of hydrogen-bond donors (Lipinski definition) is 1. The third kappa shape index (κ3) is 6.06. The monoisotopic (exact) mass is 366 g/mol. The van der Waals surface area contributed by atoms with E-state index < -0.39 is 6.10 Å². The van der Waals surface area contributed by atoms with Gasteiger partial charge in [0.15, 0.2) is 0 Å². The quantitative estimate of drug-likeness (QED) is 0.768. The second kappa shape index (κ2) is 9.67. The molecule has 1 amide bonds. The molecule has 0 radical (unpaired) electrons. The highest BCUT2D eigenvalue weighted by Crippen LogP contribution is 2.20. The number of hydrogen-bond acceptors (Lipinski definition) is 5. The van der Waals surface area contributed by atoms with E-state index >= 15 is 0 Å². The van der Waals surface area contributed by atoms with Crippen LogP contribution in [-0.2, 0) is 20.8 Å². The van der Waals surface area contributed by atoms with E-state index in [1.54, 1.807) is 0 Å². The van der Waals surface area contributed by atoms with Gasteiger partial charge in [-0.2, -0.15) is 0 Å². The number of nitrogens with one attached hydrogen (secondary N) is 1. The van der Waals surface area contributed by atoms with Gasteiger partial charge in [-0.3, -0.25) is 9.69 Å². The molecule has 0 saturated carbocycles. The van der Waals surface area contributed by atoms with Crippen molar-refractivity contribution in [3.63, 3.8) is 0 Å². The number of thiophene rings is 1. The van der Waals surface area contributed by atoms with Gasteiger partial charge in [-0.05, 0) is 56.5 Å². The Morgan fingerprint density at radius 3 is 3.16 bits per heavy atom. The Bertz CT molecular complexity index is 517. The van der Waals surface area contributed by atoms with E-state index in [0.29, 0.717) is 12.5 Å². The van der Waals surface area contributed by atoms with Crippen molar-refractivity contribution in [1.82, 2.24) is 10.2 Å². The Kier molecular flexibility index (Phi) is 7.28. The minimum atomic E-state index is -0.407. The lowest BCUT2D eigenvalue weighted by Gasteiger charge is -2.32. The Hall–Kier alpha value is -0.950. The van der Waals surface area contributed by atoms with Crippen LogP contribution in [0.1, 0.15) is 37.5 Å². The van der Waals surface area contributed by atoms with Gasteiger partial charge in [0.25, 0.3) is 0 Å². The van der Waals surface area contributed by atoms with Gasteiger partial charge in [-0.1, -0.05) is 6.07 Å². The van der Waals surface area contributed by atoms with Crippen molar-refractivity contribution in [2.24, 2.45) is 5.92 Å². The maximum atomic E-state index is 12.2. The molecule has 3 rings (SSSR count). The summed E-state index contributed by atoms with van der Waals surface area (Å²) in [5.74, 6) is 0.524. The molecule has 0 spiro atoms. The van der Waals surface area contributed by atoms with E-state index in [2.05, 4.69) is 27.7 Å². The van der Waals surface area contributed by atoms with E-state index in [1.165, 1.54) is 17.7 Å². The molecule has 2 saturated heterocycles. The molecule has 2 aliphatic heterocycles. The smallest absolute Gasteiger partial charge is 0.248 e. The Balaban J connectivity index is 1.34. The molecular weight excluding hydrogens is 336 g/mol. The van der Waals surface area contributed by atoms with Crippen LogP contribution in [0.3, 0.4) is 0 Å². The zero-order chi connectivity index (χ0) is 17.5. The van der Waals surface area contributed by atoms with Crippen molar-refractivity contribution in [2.75, 3.05) is 32.8 Å². The molecule has 0 bridgehead atoms. The minimum Gasteiger partial charge on any atom is -0.376 e. The van der Waals surface area contributed by atoms with Crippen molar-refractivity contribution in [2.45, 2.75) is 51.4 Å². The number of nitrogens with zero attached hydrogens (tertiary/aromatic N) is 1. The number of rotatable bonds is 8. The van der Waals surface area contributed by atoms with Crippen molar-refractivity contribution in [3.05, 3.63) is 22.4 Å². The van der Waals surface area contributed by atoms with Gasteiger partial charge in [0.1, 0.15) is 6.10 Å². The fraction of sp³-hybridized carbons (Fsp3) is 0.737. The molecule has 5 nitrogen and oxygen atoms in total. The van der Waals surface area contributed by atoms with Crippen LogP contribution in [0, 0.1) is 5.92 Å². The standard InChI is InChI=1S/C19H30N2O3S/c1-15(24-14-17-6-3-9-23-17)19(22)20-11-16-5-2-8-21(12-16)13-18-7-4-10-25-18/h4,7,10,15-17H,2-3,5-6,8-9,11-14H2,1H3,(H,20,22)/t15-,16+,17+/m0/s1. The van der Waals surface area contributed by atoms with Crippen molar-refractivity contribution in [1.29, 1.82) is 0 Å². The Morgan fingerprint density at radius 2 is 2.40 bits per heavy atom. The molecule has 3 heterocycles. The first-order chi connectivity index (χ1) is 12.2. The number of carbonyl (C=O) groups excluding carboxylic acids is 1. The van der Waals surface area contributed by atoms with Gasteiger partial charge in [0.2, 0.25) is 5.91 Å². The number of piperidine rings is 1. The van der Waals surface area contributed by atoms with Crippen LogP contribution >= 0.6 is 11.3 Å². The van der Waals surface area contributed by atoms with Crippen LogP contribution < -0.4 is 5.32 Å². The lowest BCUT2D eigenvalue weighted by atomic mass is 9.98. The van der Waals surface area contributed by atoms with Crippen molar-refractivity contribution >= 4 is 17.2 Å². The van der Waals surface area contributed by atoms with Gasteiger partial charge in [-0.25, -0.2) is 0 Å². The minimum absolute atomic E-state index is 0.00613.